The molecule has 2 amide bonds. The van der Waals surface area contributed by atoms with Crippen molar-refractivity contribution in [2.45, 2.75) is 12.3 Å². The Morgan fingerprint density at radius 3 is 2.38 bits per heavy atom. The van der Waals surface area contributed by atoms with E-state index >= 15 is 0 Å². The molecule has 0 aromatic heterocycles. The van der Waals surface area contributed by atoms with E-state index in [9.17, 15) is 27.2 Å². The molecule has 1 aliphatic heterocycles. The van der Waals surface area contributed by atoms with Crippen molar-refractivity contribution in [1.29, 1.82) is 0 Å². The van der Waals surface area contributed by atoms with Gasteiger partial charge in [-0.05, 0) is 42.5 Å². The van der Waals surface area contributed by atoms with Crippen molar-refractivity contribution in [3.8, 4) is 0 Å². The molecule has 0 bridgehead atoms. The van der Waals surface area contributed by atoms with Crippen LogP contribution in [0.25, 0.3) is 0 Å². The summed E-state index contributed by atoms with van der Waals surface area (Å²) in [4.78, 5) is 29.7. The maximum absolute atomic E-state index is 13.8. The predicted octanol–water partition coefficient (Wildman–Crippen LogP) is 4.39. The summed E-state index contributed by atoms with van der Waals surface area (Å²) in [5.41, 5.74) is 0.640. The number of rotatable bonds is 3. The van der Waals surface area contributed by atoms with Gasteiger partial charge in [0.05, 0.1) is 17.0 Å². The highest BCUT2D eigenvalue weighted by Gasteiger charge is 2.31. The van der Waals surface area contributed by atoms with Gasteiger partial charge in [-0.3, -0.25) is 9.59 Å². The third-order valence-corrected chi connectivity index (χ3v) is 4.79. The van der Waals surface area contributed by atoms with Crippen molar-refractivity contribution >= 4 is 23.2 Å². The van der Waals surface area contributed by atoms with Crippen LogP contribution in [-0.2, 0) is 11.0 Å². The lowest BCUT2D eigenvalue weighted by Gasteiger charge is -2.14. The van der Waals surface area contributed by atoms with E-state index in [1.54, 1.807) is 30.3 Å². The first-order valence-electron chi connectivity index (χ1n) is 9.44. The summed E-state index contributed by atoms with van der Waals surface area (Å²) in [6.07, 6.45) is -5.93. The first kappa shape index (κ1) is 21.2. The number of para-hydroxylation sites is 1. The molecule has 3 aromatic carbocycles. The van der Waals surface area contributed by atoms with Crippen molar-refractivity contribution in [1.82, 2.24) is 5.32 Å². The minimum absolute atomic E-state index is 0.0740. The first-order chi connectivity index (χ1) is 15.2. The summed E-state index contributed by atoms with van der Waals surface area (Å²) < 4.78 is 52.1. The second-order valence-corrected chi connectivity index (χ2v) is 6.97. The molecule has 2 N–H and O–H groups in total. The summed E-state index contributed by atoms with van der Waals surface area (Å²) in [5, 5.41) is 5.08. The predicted molar refractivity (Wildman–Crippen MR) is 110 cm³/mol. The number of hydrogen-bond acceptors (Lipinski definition) is 3. The molecule has 4 rings (SSSR count). The molecule has 1 heterocycles. The first-order valence-corrected chi connectivity index (χ1v) is 9.44. The van der Waals surface area contributed by atoms with E-state index in [1.807, 2.05) is 0 Å². The van der Waals surface area contributed by atoms with Gasteiger partial charge < -0.3 is 10.6 Å². The molecule has 0 fully saturated rings. The van der Waals surface area contributed by atoms with Gasteiger partial charge in [0.1, 0.15) is 5.82 Å². The number of aliphatic imine (C=N–C) groups is 1. The number of alkyl halides is 3. The Morgan fingerprint density at radius 1 is 0.969 bits per heavy atom. The van der Waals surface area contributed by atoms with Gasteiger partial charge in [0.25, 0.3) is 11.8 Å². The summed E-state index contributed by atoms with van der Waals surface area (Å²) >= 11 is 0. The summed E-state index contributed by atoms with van der Waals surface area (Å²) in [7, 11) is 0. The van der Waals surface area contributed by atoms with Crippen LogP contribution in [0.15, 0.2) is 77.8 Å². The molecule has 0 spiro atoms. The van der Waals surface area contributed by atoms with Crippen molar-refractivity contribution in [2.24, 2.45) is 4.99 Å². The SMILES string of the molecule is O=C(NC1N=C(c2cccc(F)c2)c2ccccc2NC1=O)c1ccc(C(F)(F)F)cc1. The lowest BCUT2D eigenvalue weighted by Crippen LogP contribution is -2.42. The molecule has 9 heteroatoms. The molecular weight excluding hydrogens is 426 g/mol. The molecule has 0 saturated carbocycles. The van der Waals surface area contributed by atoms with E-state index in [1.165, 1.54) is 18.2 Å². The fourth-order valence-electron chi connectivity index (χ4n) is 3.24. The van der Waals surface area contributed by atoms with E-state index in [2.05, 4.69) is 15.6 Å². The summed E-state index contributed by atoms with van der Waals surface area (Å²) in [5.74, 6) is -1.94. The maximum Gasteiger partial charge on any atom is 0.416 e. The van der Waals surface area contributed by atoms with Crippen LogP contribution in [0.4, 0.5) is 23.2 Å². The number of hydrogen-bond donors (Lipinski definition) is 2. The van der Waals surface area contributed by atoms with Crippen molar-refractivity contribution < 1.29 is 27.2 Å². The Morgan fingerprint density at radius 2 is 1.69 bits per heavy atom. The van der Waals surface area contributed by atoms with Crippen LogP contribution in [-0.4, -0.2) is 23.7 Å². The van der Waals surface area contributed by atoms with Crippen LogP contribution in [0.2, 0.25) is 0 Å². The molecule has 0 aliphatic carbocycles. The standard InChI is InChI=1S/C23H15F4N3O2/c24-16-5-3-4-14(12-16)19-17-6-1-2-7-18(17)28-22(32)20(29-19)30-21(31)13-8-10-15(11-9-13)23(25,26)27/h1-12,20H,(H,28,32)(H,30,31). The van der Waals surface area contributed by atoms with Crippen LogP contribution < -0.4 is 10.6 Å². The zero-order valence-corrected chi connectivity index (χ0v) is 16.3. The summed E-state index contributed by atoms with van der Waals surface area (Å²) in [6, 6.07) is 16.0. The average Bonchev–Trinajstić information content (AvgIpc) is 2.89. The molecule has 5 nitrogen and oxygen atoms in total. The average molecular weight is 441 g/mol. The molecular formula is C23H15F4N3O2. The second-order valence-electron chi connectivity index (χ2n) is 6.97. The van der Waals surface area contributed by atoms with E-state index in [-0.39, 0.29) is 11.3 Å². The molecule has 1 aliphatic rings. The number of carbonyl (C=O) groups excluding carboxylic acids is 2. The fraction of sp³-hybridized carbons (Fsp3) is 0.0870. The van der Waals surface area contributed by atoms with Gasteiger partial charge >= 0.3 is 6.18 Å². The van der Waals surface area contributed by atoms with Gasteiger partial charge in [-0.25, -0.2) is 9.38 Å². The molecule has 0 radical (unpaired) electrons. The molecule has 1 atom stereocenters. The normalized spacial score (nSPS) is 15.8. The van der Waals surface area contributed by atoms with Crippen LogP contribution in [0.5, 0.6) is 0 Å². The summed E-state index contributed by atoms with van der Waals surface area (Å²) in [6.45, 7) is 0. The Labute approximate surface area is 179 Å². The third kappa shape index (κ3) is 4.36. The quantitative estimate of drug-likeness (QED) is 0.592. The highest BCUT2D eigenvalue weighted by atomic mass is 19.4. The van der Waals surface area contributed by atoms with Gasteiger partial charge in [-0.1, -0.05) is 30.3 Å². The number of fused-ring (bicyclic) bond motifs is 1. The molecule has 162 valence electrons. The number of nitrogens with one attached hydrogen (secondary N) is 2. The Hall–Kier alpha value is -4.01. The molecule has 3 aromatic rings. The van der Waals surface area contributed by atoms with Crippen LogP contribution in [0, 0.1) is 5.82 Å². The van der Waals surface area contributed by atoms with Crippen LogP contribution in [0.3, 0.4) is 0 Å². The van der Waals surface area contributed by atoms with E-state index in [0.29, 0.717) is 16.8 Å². The third-order valence-electron chi connectivity index (χ3n) is 4.79. The second kappa shape index (κ2) is 8.26. The highest BCUT2D eigenvalue weighted by molar-refractivity contribution is 6.20. The monoisotopic (exact) mass is 441 g/mol. The van der Waals surface area contributed by atoms with E-state index in [0.717, 1.165) is 24.3 Å². The number of anilines is 1. The molecule has 0 saturated heterocycles. The van der Waals surface area contributed by atoms with Gasteiger partial charge in [-0.15, -0.1) is 0 Å². The van der Waals surface area contributed by atoms with Crippen molar-refractivity contribution in [3.63, 3.8) is 0 Å². The Kier molecular flexibility index (Phi) is 5.48. The fourth-order valence-corrected chi connectivity index (χ4v) is 3.24. The van der Waals surface area contributed by atoms with E-state index < -0.39 is 35.5 Å². The van der Waals surface area contributed by atoms with Gasteiger partial charge in [0.15, 0.2) is 0 Å². The number of halogens is 4. The smallest absolute Gasteiger partial charge is 0.322 e. The Balaban J connectivity index is 1.68. The highest BCUT2D eigenvalue weighted by Crippen LogP contribution is 2.29. The van der Waals surface area contributed by atoms with Gasteiger partial charge in [0, 0.05) is 16.7 Å². The lowest BCUT2D eigenvalue weighted by molar-refractivity contribution is -0.137. The Bertz CT molecular complexity index is 1220. The van der Waals surface area contributed by atoms with Gasteiger partial charge in [-0.2, -0.15) is 13.2 Å². The van der Waals surface area contributed by atoms with Crippen molar-refractivity contribution in [3.05, 3.63) is 101 Å². The number of benzodiazepines with no additional fused rings is 1. The number of carbonyl (C=O) groups is 2. The maximum atomic E-state index is 13.8. The zero-order valence-electron chi connectivity index (χ0n) is 16.3. The number of nitrogens with zero attached hydrogens (tertiary/aromatic N) is 1. The van der Waals surface area contributed by atoms with Gasteiger partial charge in [0.2, 0.25) is 6.17 Å². The largest absolute Gasteiger partial charge is 0.416 e. The van der Waals surface area contributed by atoms with Crippen LogP contribution >= 0.6 is 0 Å². The van der Waals surface area contributed by atoms with Crippen LogP contribution in [0.1, 0.15) is 27.0 Å². The molecule has 1 unspecified atom stereocenters. The number of amides is 2. The zero-order chi connectivity index (χ0) is 22.9. The lowest BCUT2D eigenvalue weighted by atomic mass is 10.0. The minimum atomic E-state index is -4.54. The number of benzene rings is 3. The minimum Gasteiger partial charge on any atom is -0.322 e. The molecule has 32 heavy (non-hydrogen) atoms. The topological polar surface area (TPSA) is 70.6 Å². The van der Waals surface area contributed by atoms with E-state index in [4.69, 9.17) is 0 Å². The van der Waals surface area contributed by atoms with Crippen molar-refractivity contribution in [2.75, 3.05) is 5.32 Å².